The maximum Gasteiger partial charge on any atom is 0.159 e. The first-order chi connectivity index (χ1) is 8.81. The minimum absolute atomic E-state index is 0.0336. The van der Waals surface area contributed by atoms with Crippen LogP contribution < -0.4 is 5.11 Å². The molecule has 0 saturated heterocycles. The van der Waals surface area contributed by atoms with Crippen LogP contribution in [0, 0.1) is 0 Å². The standard InChI is InChI=1S/C16H23O2P/c1-6-19(4,5)16(14-10-8-7-9-11-14)15(12(2)17)13(3)18/h7-11,16H,6H2,1-5H3. The molecule has 0 bridgehead atoms. The van der Waals surface area contributed by atoms with Gasteiger partial charge in [-0.1, -0.05) is 37.3 Å². The van der Waals surface area contributed by atoms with E-state index in [0.717, 1.165) is 11.7 Å². The molecule has 0 aliphatic carbocycles. The molecule has 0 aliphatic heterocycles. The molecule has 0 heterocycles. The zero-order valence-corrected chi connectivity index (χ0v) is 13.3. The van der Waals surface area contributed by atoms with Gasteiger partial charge in [0.05, 0.1) is 6.16 Å². The number of Topliss-reactive ketones (excluding diaryl/α,β-unsaturated/α-hetero) is 1. The molecule has 1 unspecified atom stereocenters. The normalized spacial score (nSPS) is 14.8. The zero-order chi connectivity index (χ0) is 14.6. The lowest BCUT2D eigenvalue weighted by molar-refractivity contribution is -0.303. The molecule has 1 aromatic rings. The summed E-state index contributed by atoms with van der Waals surface area (Å²) in [5.74, 6) is -0.189. The fourth-order valence-electron chi connectivity index (χ4n) is 2.37. The van der Waals surface area contributed by atoms with Crippen LogP contribution in [-0.2, 0) is 4.79 Å². The second-order valence-corrected chi connectivity index (χ2v) is 10.1. The van der Waals surface area contributed by atoms with Gasteiger partial charge in [0, 0.05) is 26.2 Å². The molecule has 1 rings (SSSR count). The molecule has 0 fully saturated rings. The Kier molecular flexibility index (Phi) is 5.31. The Bertz CT molecular complexity index is 471. The van der Waals surface area contributed by atoms with Gasteiger partial charge in [-0.05, 0) is 19.4 Å². The summed E-state index contributed by atoms with van der Waals surface area (Å²) in [5, 5.41) is 11.9. The maximum absolute atomic E-state index is 11.9. The highest BCUT2D eigenvalue weighted by molar-refractivity contribution is 7.75. The molecule has 1 atom stereocenters. The van der Waals surface area contributed by atoms with Crippen molar-refractivity contribution in [2.45, 2.75) is 26.4 Å². The largest absolute Gasteiger partial charge is 0.875 e. The molecule has 0 N–H and O–H groups in total. The SMILES string of the molecule is CC[P+](C)(C)C(/C(C(C)=O)=C(/C)[O-])c1ccccc1. The molecule has 3 heteroatoms. The fraction of sp³-hybridized carbons (Fsp3) is 0.438. The van der Waals surface area contributed by atoms with Gasteiger partial charge in [-0.3, -0.25) is 4.79 Å². The summed E-state index contributed by atoms with van der Waals surface area (Å²) in [4.78, 5) is 11.9. The zero-order valence-electron chi connectivity index (χ0n) is 12.4. The van der Waals surface area contributed by atoms with Crippen molar-refractivity contribution in [1.29, 1.82) is 0 Å². The number of hydrogen-bond donors (Lipinski definition) is 0. The molecular formula is C16H23O2P. The van der Waals surface area contributed by atoms with Gasteiger partial charge >= 0.3 is 0 Å². The van der Waals surface area contributed by atoms with Crippen LogP contribution in [0.1, 0.15) is 32.0 Å². The molecule has 0 spiro atoms. The van der Waals surface area contributed by atoms with Crippen LogP contribution >= 0.6 is 7.26 Å². The summed E-state index contributed by atoms with van der Waals surface area (Å²) >= 11 is 0. The number of hydrogen-bond acceptors (Lipinski definition) is 2. The van der Waals surface area contributed by atoms with Crippen LogP contribution in [0.2, 0.25) is 0 Å². The van der Waals surface area contributed by atoms with E-state index in [1.807, 2.05) is 30.3 Å². The van der Waals surface area contributed by atoms with Gasteiger partial charge in [-0.15, -0.1) is 5.76 Å². The molecule has 2 nitrogen and oxygen atoms in total. The minimum Gasteiger partial charge on any atom is -0.875 e. The molecular weight excluding hydrogens is 255 g/mol. The molecule has 0 radical (unpaired) electrons. The van der Waals surface area contributed by atoms with Crippen LogP contribution in [0.4, 0.5) is 0 Å². The second-order valence-electron chi connectivity index (χ2n) is 5.43. The van der Waals surface area contributed by atoms with Crippen molar-refractivity contribution < 1.29 is 9.90 Å². The highest BCUT2D eigenvalue weighted by Crippen LogP contribution is 2.66. The summed E-state index contributed by atoms with van der Waals surface area (Å²) in [6, 6.07) is 9.94. The number of rotatable bonds is 5. The highest BCUT2D eigenvalue weighted by Gasteiger charge is 2.39. The van der Waals surface area contributed by atoms with Gasteiger partial charge in [0.1, 0.15) is 5.66 Å². The molecule has 0 saturated carbocycles. The number of carbonyl (C=O) groups excluding carboxylic acids is 1. The van der Waals surface area contributed by atoms with Gasteiger partial charge in [-0.25, -0.2) is 0 Å². The number of ketones is 1. The summed E-state index contributed by atoms with van der Waals surface area (Å²) in [6.45, 7) is 9.58. The average molecular weight is 278 g/mol. The van der Waals surface area contributed by atoms with E-state index < -0.39 is 7.26 Å². The van der Waals surface area contributed by atoms with E-state index in [-0.39, 0.29) is 17.2 Å². The summed E-state index contributed by atoms with van der Waals surface area (Å²) in [6.07, 6.45) is 1.01. The molecule has 104 valence electrons. The predicted octanol–water partition coefficient (Wildman–Crippen LogP) is 3.25. The highest BCUT2D eigenvalue weighted by atomic mass is 31.2. The van der Waals surface area contributed by atoms with Gasteiger partial charge in [0.25, 0.3) is 0 Å². The topological polar surface area (TPSA) is 40.1 Å². The predicted molar refractivity (Wildman–Crippen MR) is 81.9 cm³/mol. The third-order valence-electron chi connectivity index (χ3n) is 3.66. The number of allylic oxidation sites excluding steroid dienone is 2. The Balaban J connectivity index is 3.45. The van der Waals surface area contributed by atoms with E-state index in [1.165, 1.54) is 13.8 Å². The monoisotopic (exact) mass is 278 g/mol. The van der Waals surface area contributed by atoms with E-state index in [4.69, 9.17) is 0 Å². The van der Waals surface area contributed by atoms with Crippen molar-refractivity contribution in [3.8, 4) is 0 Å². The van der Waals surface area contributed by atoms with Crippen molar-refractivity contribution in [2.24, 2.45) is 0 Å². The lowest BCUT2D eigenvalue weighted by Gasteiger charge is -2.31. The van der Waals surface area contributed by atoms with E-state index in [1.54, 1.807) is 0 Å². The fourth-order valence-corrected chi connectivity index (χ4v) is 4.78. The third kappa shape index (κ3) is 3.67. The van der Waals surface area contributed by atoms with Crippen molar-refractivity contribution in [3.05, 3.63) is 47.2 Å². The number of benzene rings is 1. The summed E-state index contributed by atoms with van der Waals surface area (Å²) < 4.78 is 0. The minimum atomic E-state index is -1.40. The van der Waals surface area contributed by atoms with Crippen LogP contribution in [0.25, 0.3) is 0 Å². The lowest BCUT2D eigenvalue weighted by atomic mass is 10.0. The van der Waals surface area contributed by atoms with Crippen LogP contribution in [-0.4, -0.2) is 25.3 Å². The molecule has 19 heavy (non-hydrogen) atoms. The average Bonchev–Trinajstić information content (AvgIpc) is 2.35. The first-order valence-electron chi connectivity index (χ1n) is 6.57. The maximum atomic E-state index is 11.9. The number of carbonyl (C=O) groups is 1. The van der Waals surface area contributed by atoms with Gasteiger partial charge in [0.2, 0.25) is 0 Å². The van der Waals surface area contributed by atoms with Crippen molar-refractivity contribution in [1.82, 2.24) is 0 Å². The van der Waals surface area contributed by atoms with Crippen molar-refractivity contribution >= 4 is 13.0 Å². The Hall–Kier alpha value is -1.14. The van der Waals surface area contributed by atoms with Gasteiger partial charge < -0.3 is 5.11 Å². The van der Waals surface area contributed by atoms with Crippen LogP contribution in [0.15, 0.2) is 41.7 Å². The quantitative estimate of drug-likeness (QED) is 0.471. The van der Waals surface area contributed by atoms with E-state index in [9.17, 15) is 9.90 Å². The Morgan fingerprint density at radius 2 is 1.74 bits per heavy atom. The van der Waals surface area contributed by atoms with E-state index in [0.29, 0.717) is 5.57 Å². The second kappa shape index (κ2) is 6.34. The molecule has 1 aromatic carbocycles. The Morgan fingerprint density at radius 3 is 2.11 bits per heavy atom. The summed E-state index contributed by atoms with van der Waals surface area (Å²) in [5.41, 5.74) is 1.52. The van der Waals surface area contributed by atoms with Crippen molar-refractivity contribution in [3.63, 3.8) is 0 Å². The van der Waals surface area contributed by atoms with Gasteiger partial charge in [0.15, 0.2) is 5.78 Å². The molecule has 0 aliphatic rings. The van der Waals surface area contributed by atoms with E-state index in [2.05, 4.69) is 20.3 Å². The van der Waals surface area contributed by atoms with E-state index >= 15 is 0 Å². The van der Waals surface area contributed by atoms with Crippen LogP contribution in [0.5, 0.6) is 0 Å². The lowest BCUT2D eigenvalue weighted by Crippen LogP contribution is -2.19. The van der Waals surface area contributed by atoms with Crippen LogP contribution in [0.3, 0.4) is 0 Å². The molecule has 0 amide bonds. The Labute approximate surface area is 116 Å². The smallest absolute Gasteiger partial charge is 0.159 e. The first-order valence-corrected chi connectivity index (χ1v) is 9.51. The van der Waals surface area contributed by atoms with Gasteiger partial charge in [-0.2, -0.15) is 0 Å². The van der Waals surface area contributed by atoms with Crippen molar-refractivity contribution in [2.75, 3.05) is 19.5 Å². The Morgan fingerprint density at radius 1 is 1.21 bits per heavy atom. The summed E-state index contributed by atoms with van der Waals surface area (Å²) in [7, 11) is -1.40. The first kappa shape index (κ1) is 15.9. The molecule has 0 aromatic heterocycles. The third-order valence-corrected chi connectivity index (χ3v) is 7.25.